The van der Waals surface area contributed by atoms with Crippen molar-refractivity contribution in [2.24, 2.45) is 17.8 Å². The van der Waals surface area contributed by atoms with Gasteiger partial charge in [0, 0.05) is 49.8 Å². The molecule has 3 aromatic rings. The molecule has 1 saturated carbocycles. The maximum absolute atomic E-state index is 14.3. The third kappa shape index (κ3) is 4.78. The van der Waals surface area contributed by atoms with Crippen LogP contribution in [0, 0.1) is 29.4 Å². The van der Waals surface area contributed by atoms with E-state index in [0.717, 1.165) is 25.1 Å². The van der Waals surface area contributed by atoms with Gasteiger partial charge in [-0.05, 0) is 50.2 Å². The lowest BCUT2D eigenvalue weighted by molar-refractivity contribution is -0.137. The van der Waals surface area contributed by atoms with E-state index in [-0.39, 0.29) is 35.8 Å². The number of carbonyl (C=O) groups is 1. The summed E-state index contributed by atoms with van der Waals surface area (Å²) in [6.45, 7) is 8.10. The topological polar surface area (TPSA) is 94.2 Å². The number of hydrogen-bond donors (Lipinski definition) is 2. The summed E-state index contributed by atoms with van der Waals surface area (Å²) < 4.78 is 30.2. The van der Waals surface area contributed by atoms with Crippen molar-refractivity contribution in [3.63, 3.8) is 0 Å². The van der Waals surface area contributed by atoms with E-state index in [2.05, 4.69) is 16.8 Å². The summed E-state index contributed by atoms with van der Waals surface area (Å²) in [4.78, 5) is 19.7. The molecule has 1 aliphatic carbocycles. The number of hydrogen-bond acceptors (Lipinski definition) is 6. The Balaban J connectivity index is 1.52. The van der Waals surface area contributed by atoms with E-state index in [9.17, 15) is 18.7 Å². The summed E-state index contributed by atoms with van der Waals surface area (Å²) in [6.07, 6.45) is 0.0603. The van der Waals surface area contributed by atoms with Crippen LogP contribution in [0.3, 0.4) is 0 Å². The van der Waals surface area contributed by atoms with Crippen LogP contribution in [-0.2, 0) is 4.79 Å². The fraction of sp³-hybridized carbons (Fsp3) is 0.500. The Labute approximate surface area is 218 Å². The molecule has 0 spiro atoms. The lowest BCUT2D eigenvalue weighted by Gasteiger charge is -2.29. The molecule has 2 N–H and O–H groups in total. The Morgan fingerprint density at radius 2 is 1.84 bits per heavy atom. The Hall–Kier alpha value is -2.82. The first-order valence-electron chi connectivity index (χ1n) is 12.5. The van der Waals surface area contributed by atoms with Crippen LogP contribution in [0.4, 0.5) is 14.6 Å². The molecule has 37 heavy (non-hydrogen) atoms. The van der Waals surface area contributed by atoms with E-state index in [4.69, 9.17) is 21.8 Å². The van der Waals surface area contributed by atoms with Crippen LogP contribution in [0.15, 0.2) is 24.3 Å². The average Bonchev–Trinajstić information content (AvgIpc) is 3.20. The molecule has 4 atom stereocenters. The van der Waals surface area contributed by atoms with Crippen LogP contribution in [0.25, 0.3) is 16.9 Å². The number of likely N-dealkylation sites (tertiary alicyclic amines) is 1. The molecule has 1 aromatic carbocycles. The van der Waals surface area contributed by atoms with Crippen LogP contribution >= 0.6 is 11.6 Å². The third-order valence-electron chi connectivity index (χ3n) is 7.51. The zero-order valence-electron chi connectivity index (χ0n) is 20.9. The van der Waals surface area contributed by atoms with Gasteiger partial charge in [-0.2, -0.15) is 9.61 Å². The normalized spacial score (nSPS) is 22.0. The molecule has 1 aliphatic heterocycles. The zero-order chi connectivity index (χ0) is 26.6. The predicted molar refractivity (Wildman–Crippen MR) is 135 cm³/mol. The van der Waals surface area contributed by atoms with Crippen LogP contribution in [-0.4, -0.2) is 61.4 Å². The molecule has 2 aromatic heterocycles. The number of benzene rings is 1. The van der Waals surface area contributed by atoms with Crippen molar-refractivity contribution in [2.45, 2.75) is 45.9 Å². The van der Waals surface area contributed by atoms with Gasteiger partial charge in [0.1, 0.15) is 28.2 Å². The van der Waals surface area contributed by atoms with Crippen molar-refractivity contribution in [2.75, 3.05) is 24.5 Å². The molecule has 2 fully saturated rings. The summed E-state index contributed by atoms with van der Waals surface area (Å²) in [5.41, 5.74) is 1.46. The number of aliphatic hydroxyl groups is 1. The number of aromatic nitrogens is 3. The summed E-state index contributed by atoms with van der Waals surface area (Å²) in [5, 5.41) is 24.3. The lowest BCUT2D eigenvalue weighted by atomic mass is 10.1. The van der Waals surface area contributed by atoms with Crippen molar-refractivity contribution in [1.82, 2.24) is 19.5 Å². The fourth-order valence-electron chi connectivity index (χ4n) is 5.61. The minimum Gasteiger partial charge on any atom is -0.481 e. The van der Waals surface area contributed by atoms with Crippen molar-refractivity contribution in [3.05, 3.63) is 46.6 Å². The second kappa shape index (κ2) is 9.81. The highest BCUT2D eigenvalue weighted by Gasteiger charge is 2.57. The highest BCUT2D eigenvalue weighted by Crippen LogP contribution is 2.54. The van der Waals surface area contributed by atoms with Gasteiger partial charge in [0.15, 0.2) is 11.9 Å². The number of halogens is 3. The molecular formula is C26H30ClF2N5O3. The zero-order valence-corrected chi connectivity index (χ0v) is 21.7. The van der Waals surface area contributed by atoms with Gasteiger partial charge in [-0.3, -0.25) is 9.69 Å². The molecule has 0 amide bonds. The second-order valence-electron chi connectivity index (χ2n) is 10.3. The summed E-state index contributed by atoms with van der Waals surface area (Å²) >= 11 is 5.69. The summed E-state index contributed by atoms with van der Waals surface area (Å²) in [7, 11) is 0. The molecular weight excluding hydrogens is 504 g/mol. The van der Waals surface area contributed by atoms with Crippen molar-refractivity contribution < 1.29 is 23.8 Å². The smallest absolute Gasteiger partial charge is 0.303 e. The molecule has 1 saturated heterocycles. The van der Waals surface area contributed by atoms with E-state index in [1.165, 1.54) is 0 Å². The number of aliphatic hydroxyl groups excluding tert-OH is 1. The lowest BCUT2D eigenvalue weighted by Crippen LogP contribution is -2.33. The van der Waals surface area contributed by atoms with E-state index in [0.29, 0.717) is 35.9 Å². The van der Waals surface area contributed by atoms with Gasteiger partial charge in [-0.15, -0.1) is 0 Å². The quantitative estimate of drug-likeness (QED) is 0.388. The predicted octanol–water partition coefficient (Wildman–Crippen LogP) is 4.60. The number of piperidine rings is 1. The number of rotatable bonds is 9. The minimum absolute atomic E-state index is 0.103. The van der Waals surface area contributed by atoms with E-state index >= 15 is 0 Å². The second-order valence-corrected chi connectivity index (χ2v) is 10.7. The van der Waals surface area contributed by atoms with Gasteiger partial charge in [-0.1, -0.05) is 18.5 Å². The van der Waals surface area contributed by atoms with E-state index < -0.39 is 28.9 Å². The molecule has 5 rings (SSSR count). The van der Waals surface area contributed by atoms with Crippen LogP contribution in [0.5, 0.6) is 0 Å². The molecule has 11 heteroatoms. The van der Waals surface area contributed by atoms with Crippen molar-refractivity contribution >= 4 is 29.0 Å². The molecule has 198 valence electrons. The Morgan fingerprint density at radius 3 is 2.41 bits per heavy atom. The number of anilines is 1. The van der Waals surface area contributed by atoms with Gasteiger partial charge < -0.3 is 15.1 Å². The van der Waals surface area contributed by atoms with E-state index in [1.807, 2.05) is 18.7 Å². The number of fused-ring (bicyclic) bond motifs is 2. The Bertz CT molecular complexity index is 1310. The highest BCUT2D eigenvalue weighted by atomic mass is 35.5. The average molecular weight is 534 g/mol. The first-order chi connectivity index (χ1) is 17.6. The highest BCUT2D eigenvalue weighted by molar-refractivity contribution is 6.31. The van der Waals surface area contributed by atoms with Crippen LogP contribution in [0.2, 0.25) is 5.02 Å². The molecule has 1 unspecified atom stereocenters. The molecule has 2 aliphatic rings. The summed E-state index contributed by atoms with van der Waals surface area (Å²) in [6, 6.07) is 5.85. The molecule has 3 heterocycles. The Kier molecular flexibility index (Phi) is 6.84. The molecule has 0 radical (unpaired) electrons. The first kappa shape index (κ1) is 25.8. The maximum Gasteiger partial charge on any atom is 0.303 e. The Morgan fingerprint density at radius 1 is 1.19 bits per heavy atom. The van der Waals surface area contributed by atoms with Gasteiger partial charge in [-0.25, -0.2) is 13.8 Å². The SMILES string of the molecule is CCCN(c1cc(-c2cc(F)c(Cl)c(F)c2)nc2cc(C(O)N3C[C@@H]4[C@@H](CC(=O)O)[C@@H]4C3)nn12)C(C)C. The number of carboxylic acid groups (broad SMARTS) is 1. The van der Waals surface area contributed by atoms with Crippen molar-refractivity contribution in [1.29, 1.82) is 0 Å². The van der Waals surface area contributed by atoms with Gasteiger partial charge in [0.2, 0.25) is 0 Å². The number of carboxylic acids is 1. The minimum atomic E-state index is -0.972. The largest absolute Gasteiger partial charge is 0.481 e. The molecule has 8 nitrogen and oxygen atoms in total. The van der Waals surface area contributed by atoms with Crippen molar-refractivity contribution in [3.8, 4) is 11.3 Å². The maximum atomic E-state index is 14.3. The standard InChI is InChI=1S/C26H30ClF2N5O3/c1-4-5-33(13(2)3)23-10-20(14-6-18(28)25(27)19(29)7-14)30-22-9-21(31-34(22)23)26(37)32-11-16-15(8-24(35)36)17(16)12-32/h6-7,9-10,13,15-17,26,37H,4-5,8,11-12H2,1-3H3,(H,35,36)/t15-,16-,17+,26?. The van der Waals surface area contributed by atoms with E-state index in [1.54, 1.807) is 16.6 Å². The van der Waals surface area contributed by atoms with Crippen LogP contribution < -0.4 is 4.90 Å². The summed E-state index contributed by atoms with van der Waals surface area (Å²) in [5.74, 6) is -1.11. The number of nitrogens with zero attached hydrogens (tertiary/aromatic N) is 5. The van der Waals surface area contributed by atoms with Gasteiger partial charge >= 0.3 is 5.97 Å². The number of aliphatic carboxylic acids is 1. The van der Waals surface area contributed by atoms with Crippen LogP contribution in [0.1, 0.15) is 45.5 Å². The third-order valence-corrected chi connectivity index (χ3v) is 7.87. The van der Waals surface area contributed by atoms with Gasteiger partial charge in [0.25, 0.3) is 0 Å². The first-order valence-corrected chi connectivity index (χ1v) is 12.9. The molecule has 0 bridgehead atoms. The fourth-order valence-corrected chi connectivity index (χ4v) is 5.72. The van der Waals surface area contributed by atoms with Gasteiger partial charge in [0.05, 0.1) is 5.69 Å². The monoisotopic (exact) mass is 533 g/mol.